The zero-order valence-electron chi connectivity index (χ0n) is 16.4. The van der Waals surface area contributed by atoms with E-state index in [9.17, 15) is 14.9 Å². The molecule has 4 rings (SSSR count). The second kappa shape index (κ2) is 7.50. The molecular formula is C20H22N6O3. The molecule has 0 N–H and O–H groups in total. The second-order valence-electron chi connectivity index (χ2n) is 7.21. The van der Waals surface area contributed by atoms with Gasteiger partial charge in [0, 0.05) is 38.4 Å². The molecule has 150 valence electrons. The van der Waals surface area contributed by atoms with Crippen molar-refractivity contribution in [1.29, 1.82) is 0 Å². The quantitative estimate of drug-likeness (QED) is 0.497. The largest absolute Gasteiger partial charge is 0.353 e. The molecule has 29 heavy (non-hydrogen) atoms. The number of hydrogen-bond acceptors (Lipinski definition) is 6. The highest BCUT2D eigenvalue weighted by molar-refractivity contribution is 5.79. The van der Waals surface area contributed by atoms with Gasteiger partial charge in [-0.15, -0.1) is 0 Å². The lowest BCUT2D eigenvalue weighted by Gasteiger charge is -2.35. The summed E-state index contributed by atoms with van der Waals surface area (Å²) in [7, 11) is 0. The van der Waals surface area contributed by atoms with E-state index in [-0.39, 0.29) is 11.6 Å². The fraction of sp³-hybridized carbons (Fsp3) is 0.350. The number of imidazole rings is 1. The smallest absolute Gasteiger partial charge is 0.287 e. The molecule has 0 bridgehead atoms. The predicted molar refractivity (Wildman–Crippen MR) is 108 cm³/mol. The number of fused-ring (bicyclic) bond motifs is 1. The third kappa shape index (κ3) is 3.63. The van der Waals surface area contributed by atoms with Crippen LogP contribution in [0.25, 0.3) is 5.65 Å². The molecule has 9 heteroatoms. The van der Waals surface area contributed by atoms with Crippen LogP contribution in [0.4, 0.5) is 11.5 Å². The number of hydrogen-bond donors (Lipinski definition) is 0. The van der Waals surface area contributed by atoms with Crippen LogP contribution < -0.4 is 4.90 Å². The Morgan fingerprint density at radius 1 is 1.17 bits per heavy atom. The fourth-order valence-electron chi connectivity index (χ4n) is 3.69. The highest BCUT2D eigenvalue weighted by Crippen LogP contribution is 2.19. The van der Waals surface area contributed by atoms with Crippen molar-refractivity contribution < 1.29 is 9.72 Å². The summed E-state index contributed by atoms with van der Waals surface area (Å²) in [6.45, 7) is 6.41. The first-order valence-corrected chi connectivity index (χ1v) is 9.50. The number of nitrogens with zero attached hydrogens (tertiary/aromatic N) is 6. The number of nitro groups is 1. The number of piperazine rings is 1. The predicted octanol–water partition coefficient (Wildman–Crippen LogP) is 2.15. The van der Waals surface area contributed by atoms with Gasteiger partial charge in [-0.1, -0.05) is 6.07 Å². The molecule has 0 atom stereocenters. The topological polar surface area (TPSA) is 96.9 Å². The Morgan fingerprint density at radius 2 is 1.93 bits per heavy atom. The van der Waals surface area contributed by atoms with Gasteiger partial charge in [0.1, 0.15) is 17.7 Å². The van der Waals surface area contributed by atoms with Crippen molar-refractivity contribution in [2.24, 2.45) is 0 Å². The standard InChI is InChI=1S/C20H22N6O3/c1-14-4-3-7-25-17(15(2)22-20(14)25)12-19(27)24-10-8-23(9-11-24)18-6-5-16(13-21-18)26(28)29/h3-7,13H,8-12H2,1-2H3. The maximum Gasteiger partial charge on any atom is 0.287 e. The summed E-state index contributed by atoms with van der Waals surface area (Å²) in [5.74, 6) is 0.767. The minimum atomic E-state index is -0.461. The summed E-state index contributed by atoms with van der Waals surface area (Å²) in [5, 5.41) is 10.8. The minimum absolute atomic E-state index is 0.0267. The Balaban J connectivity index is 1.41. The van der Waals surface area contributed by atoms with Crippen LogP contribution >= 0.6 is 0 Å². The molecule has 1 aliphatic heterocycles. The summed E-state index contributed by atoms with van der Waals surface area (Å²) < 4.78 is 2.00. The molecule has 0 spiro atoms. The number of anilines is 1. The van der Waals surface area contributed by atoms with Gasteiger partial charge in [-0.2, -0.15) is 0 Å². The van der Waals surface area contributed by atoms with Crippen LogP contribution in [0.2, 0.25) is 0 Å². The number of carbonyl (C=O) groups is 1. The van der Waals surface area contributed by atoms with Gasteiger partial charge in [0.15, 0.2) is 0 Å². The average molecular weight is 394 g/mol. The Labute approximate surface area is 167 Å². The maximum atomic E-state index is 12.9. The van der Waals surface area contributed by atoms with Crippen LogP contribution in [0.15, 0.2) is 36.7 Å². The summed E-state index contributed by atoms with van der Waals surface area (Å²) >= 11 is 0. The van der Waals surface area contributed by atoms with Crippen LogP contribution in [0.3, 0.4) is 0 Å². The van der Waals surface area contributed by atoms with Gasteiger partial charge in [0.05, 0.1) is 22.7 Å². The van der Waals surface area contributed by atoms with Gasteiger partial charge in [-0.3, -0.25) is 14.9 Å². The van der Waals surface area contributed by atoms with E-state index < -0.39 is 4.92 Å². The van der Waals surface area contributed by atoms with Crippen molar-refractivity contribution in [2.45, 2.75) is 20.3 Å². The molecule has 0 saturated carbocycles. The Hall–Kier alpha value is -3.49. The van der Waals surface area contributed by atoms with Crippen molar-refractivity contribution in [3.63, 3.8) is 0 Å². The number of aromatic nitrogens is 3. The van der Waals surface area contributed by atoms with Crippen molar-refractivity contribution in [3.05, 3.63) is 63.7 Å². The van der Waals surface area contributed by atoms with Crippen molar-refractivity contribution in [3.8, 4) is 0 Å². The summed E-state index contributed by atoms with van der Waals surface area (Å²) in [6.07, 6.45) is 3.53. The zero-order valence-corrected chi connectivity index (χ0v) is 16.4. The molecule has 0 aromatic carbocycles. The van der Waals surface area contributed by atoms with E-state index in [1.807, 2.05) is 46.4 Å². The third-order valence-electron chi connectivity index (χ3n) is 5.36. The Morgan fingerprint density at radius 3 is 2.59 bits per heavy atom. The van der Waals surface area contributed by atoms with E-state index in [1.165, 1.54) is 12.3 Å². The molecule has 0 aliphatic carbocycles. The summed E-state index contributed by atoms with van der Waals surface area (Å²) in [5.41, 5.74) is 3.75. The Bertz CT molecular complexity index is 1070. The highest BCUT2D eigenvalue weighted by atomic mass is 16.6. The maximum absolute atomic E-state index is 12.9. The molecule has 3 aromatic rings. The number of amides is 1. The van der Waals surface area contributed by atoms with E-state index in [0.29, 0.717) is 38.4 Å². The summed E-state index contributed by atoms with van der Waals surface area (Å²) in [6, 6.07) is 7.08. The van der Waals surface area contributed by atoms with Gasteiger partial charge >= 0.3 is 0 Å². The van der Waals surface area contributed by atoms with Crippen LogP contribution in [0.5, 0.6) is 0 Å². The molecule has 1 amide bonds. The Kier molecular flexibility index (Phi) is 4.87. The van der Waals surface area contributed by atoms with Gasteiger partial charge in [0.2, 0.25) is 5.91 Å². The molecule has 1 aliphatic rings. The van der Waals surface area contributed by atoms with Crippen molar-refractivity contribution >= 4 is 23.1 Å². The molecule has 1 saturated heterocycles. The lowest BCUT2D eigenvalue weighted by molar-refractivity contribution is -0.385. The summed E-state index contributed by atoms with van der Waals surface area (Å²) in [4.78, 5) is 35.9. The van der Waals surface area contributed by atoms with E-state index in [0.717, 1.165) is 22.6 Å². The highest BCUT2D eigenvalue weighted by Gasteiger charge is 2.24. The molecule has 0 radical (unpaired) electrons. The van der Waals surface area contributed by atoms with Crippen LogP contribution in [-0.4, -0.2) is 56.3 Å². The second-order valence-corrected chi connectivity index (χ2v) is 7.21. The minimum Gasteiger partial charge on any atom is -0.353 e. The van der Waals surface area contributed by atoms with Crippen LogP contribution in [0, 0.1) is 24.0 Å². The number of pyridine rings is 2. The monoisotopic (exact) mass is 394 g/mol. The first-order chi connectivity index (χ1) is 13.9. The molecule has 3 aromatic heterocycles. The van der Waals surface area contributed by atoms with Crippen molar-refractivity contribution in [2.75, 3.05) is 31.1 Å². The van der Waals surface area contributed by atoms with Crippen molar-refractivity contribution in [1.82, 2.24) is 19.3 Å². The molecular weight excluding hydrogens is 372 g/mol. The van der Waals surface area contributed by atoms with Crippen LogP contribution in [-0.2, 0) is 11.2 Å². The normalized spacial score (nSPS) is 14.4. The van der Waals surface area contributed by atoms with Gasteiger partial charge in [0.25, 0.3) is 5.69 Å². The molecule has 4 heterocycles. The number of rotatable bonds is 4. The lowest BCUT2D eigenvalue weighted by atomic mass is 10.2. The fourth-order valence-corrected chi connectivity index (χ4v) is 3.69. The average Bonchev–Trinajstić information content (AvgIpc) is 3.05. The zero-order chi connectivity index (χ0) is 20.5. The number of aryl methyl sites for hydroxylation is 2. The van der Waals surface area contributed by atoms with E-state index in [2.05, 4.69) is 9.97 Å². The van der Waals surface area contributed by atoms with E-state index in [1.54, 1.807) is 6.07 Å². The lowest BCUT2D eigenvalue weighted by Crippen LogP contribution is -2.49. The van der Waals surface area contributed by atoms with Gasteiger partial charge < -0.3 is 14.2 Å². The first-order valence-electron chi connectivity index (χ1n) is 9.50. The van der Waals surface area contributed by atoms with Crippen LogP contribution in [0.1, 0.15) is 17.0 Å². The van der Waals surface area contributed by atoms with Gasteiger partial charge in [-0.05, 0) is 31.5 Å². The number of carbonyl (C=O) groups excluding carboxylic acids is 1. The SMILES string of the molecule is Cc1nc2c(C)cccn2c1CC(=O)N1CCN(c2ccc([N+](=O)[O-])cn2)CC1. The molecule has 1 fully saturated rings. The van der Waals surface area contributed by atoms with E-state index in [4.69, 9.17) is 0 Å². The first kappa shape index (κ1) is 18.9. The molecule has 9 nitrogen and oxygen atoms in total. The van der Waals surface area contributed by atoms with E-state index >= 15 is 0 Å². The third-order valence-corrected chi connectivity index (χ3v) is 5.36. The molecule has 0 unspecified atom stereocenters. The van der Waals surface area contributed by atoms with Gasteiger partial charge in [-0.25, -0.2) is 9.97 Å².